The van der Waals surface area contributed by atoms with Gasteiger partial charge in [0.25, 0.3) is 0 Å². The fourth-order valence-corrected chi connectivity index (χ4v) is 9.34. The second kappa shape index (κ2) is 46.0. The standard InChI is InChI=1S/C69H79F5N2O27/c1-5-21-92-63(78)61-59(101-66(80)93-22-6-2)60(102-67(81)94-23-7-3)62(103-68(82)95-24-8-4)64(99-61)98-51-18-17-44(42-97-69(83)100-58-56(73)54(71)53(70)55(72)57(58)74)41-50(51)76-52(77)19-25-84-27-29-86-31-33-88-35-37-90-39-40-91-38-36-89-34-32-87-30-28-85-26-20-75-65(79)96-43-49-47-15-11-9-13-45(47)46-14-10-12-16-48(46)49/h5-18,41,49,59-62,64H,1-4,19-40,42-43H2,(H,75,79)(H,76,77)/t59-,60-,61-,62+,64+/m0/s1. The number of hydrogen-bond acceptors (Lipinski definition) is 27. The molecule has 1 aliphatic carbocycles. The summed E-state index contributed by atoms with van der Waals surface area (Å²) in [5.74, 6) is -16.9. The molecule has 2 aliphatic rings. The third-order valence-corrected chi connectivity index (χ3v) is 13.9. The number of hydrogen-bond donors (Lipinski definition) is 2. The SMILES string of the molecule is C=CCOC(=O)O[C@@H]1[C@@H](OC(=O)OCC=C)[C@H](Oc2ccc(COC(=O)Oc3c(F)c(F)c(F)c(F)c3F)cc2NC(=O)CCOCCOCCOCCOCCOCCOCCOCCOCCNC(=O)OCC2c3ccccc3-c3ccccc32)O[C@H](C(=O)OCC=C)[C@H]1OC(=O)OCC=C. The van der Waals surface area contributed by atoms with E-state index in [1.807, 2.05) is 24.3 Å². The van der Waals surface area contributed by atoms with E-state index in [4.69, 9.17) is 90.0 Å². The van der Waals surface area contributed by atoms with Gasteiger partial charge in [0.15, 0.2) is 18.3 Å². The summed E-state index contributed by atoms with van der Waals surface area (Å²) < 4.78 is 178. The molecule has 0 radical (unpaired) electrons. The zero-order valence-electron chi connectivity index (χ0n) is 55.8. The van der Waals surface area contributed by atoms with E-state index < -0.39 is 147 Å². The minimum absolute atomic E-state index is 0.00998. The van der Waals surface area contributed by atoms with Crippen LogP contribution in [0.5, 0.6) is 11.5 Å². The first-order chi connectivity index (χ1) is 50.0. The summed E-state index contributed by atoms with van der Waals surface area (Å²) in [4.78, 5) is 91.6. The Morgan fingerprint density at radius 3 is 1.40 bits per heavy atom. The Balaban J connectivity index is 0.898. The Kier molecular flexibility index (Phi) is 36.7. The zero-order chi connectivity index (χ0) is 74.1. The minimum Gasteiger partial charge on any atom is -0.459 e. The Hall–Kier alpha value is -9.78. The van der Waals surface area contributed by atoms with E-state index in [0.29, 0.717) is 59.5 Å². The second-order valence-corrected chi connectivity index (χ2v) is 21.1. The number of esters is 1. The molecular formula is C69H79F5N2O27. The van der Waals surface area contributed by atoms with Crippen molar-refractivity contribution >= 4 is 48.3 Å². The Morgan fingerprint density at radius 1 is 0.466 bits per heavy atom. The lowest BCUT2D eigenvalue weighted by atomic mass is 9.98. The van der Waals surface area contributed by atoms with Crippen molar-refractivity contribution in [1.82, 2.24) is 5.32 Å². The number of nitrogens with one attached hydrogen (secondary N) is 2. The highest BCUT2D eigenvalue weighted by Gasteiger charge is 2.57. The molecular weight excluding hydrogens is 1380 g/mol. The largest absolute Gasteiger partial charge is 0.514 e. The fourth-order valence-electron chi connectivity index (χ4n) is 9.34. The van der Waals surface area contributed by atoms with Gasteiger partial charge in [-0.3, -0.25) is 4.79 Å². The normalized spacial score (nSPS) is 15.8. The van der Waals surface area contributed by atoms with Crippen LogP contribution in [0, 0.1) is 29.1 Å². The summed E-state index contributed by atoms with van der Waals surface area (Å²) in [6.07, 6.45) is -13.5. The molecule has 4 aromatic carbocycles. The van der Waals surface area contributed by atoms with Gasteiger partial charge in [0.1, 0.15) is 45.4 Å². The molecule has 1 fully saturated rings. The van der Waals surface area contributed by atoms with E-state index >= 15 is 0 Å². The maximum atomic E-state index is 14.4. The molecule has 2 amide bonds. The van der Waals surface area contributed by atoms with Gasteiger partial charge in [-0.05, 0) is 39.9 Å². The summed E-state index contributed by atoms with van der Waals surface area (Å²) in [5.41, 5.74) is 4.14. The Bertz CT molecular complexity index is 3370. The van der Waals surface area contributed by atoms with E-state index in [2.05, 4.69) is 66.0 Å². The molecule has 562 valence electrons. The molecule has 2 N–H and O–H groups in total. The van der Waals surface area contributed by atoms with Crippen LogP contribution < -0.4 is 20.1 Å². The summed E-state index contributed by atoms with van der Waals surface area (Å²) in [6, 6.07) is 19.5. The van der Waals surface area contributed by atoms with Gasteiger partial charge in [-0.2, -0.15) is 8.78 Å². The summed E-state index contributed by atoms with van der Waals surface area (Å²) in [5, 5.41) is 5.23. The number of fused-ring (bicyclic) bond motifs is 3. The van der Waals surface area contributed by atoms with Crippen molar-refractivity contribution in [1.29, 1.82) is 0 Å². The van der Waals surface area contributed by atoms with Gasteiger partial charge in [0.2, 0.25) is 53.1 Å². The van der Waals surface area contributed by atoms with Gasteiger partial charge in [-0.15, -0.1) is 0 Å². The average molecular weight is 1460 g/mol. The van der Waals surface area contributed by atoms with Crippen LogP contribution in [-0.2, 0) is 101 Å². The highest BCUT2D eigenvalue weighted by atomic mass is 19.2. The van der Waals surface area contributed by atoms with Crippen molar-refractivity contribution in [3.05, 3.63) is 163 Å². The molecule has 103 heavy (non-hydrogen) atoms. The van der Waals surface area contributed by atoms with Crippen LogP contribution in [0.4, 0.5) is 51.6 Å². The van der Waals surface area contributed by atoms with Gasteiger partial charge in [-0.25, -0.2) is 41.9 Å². The van der Waals surface area contributed by atoms with E-state index in [9.17, 15) is 55.5 Å². The van der Waals surface area contributed by atoms with Gasteiger partial charge in [-0.1, -0.05) is 105 Å². The first-order valence-corrected chi connectivity index (χ1v) is 31.9. The number of rotatable bonds is 47. The third-order valence-electron chi connectivity index (χ3n) is 13.9. The number of carbonyl (C=O) groups excluding carboxylic acids is 7. The zero-order valence-corrected chi connectivity index (χ0v) is 55.8. The lowest BCUT2D eigenvalue weighted by Gasteiger charge is -2.42. The molecule has 34 heteroatoms. The minimum atomic E-state index is -2.53. The van der Waals surface area contributed by atoms with Crippen LogP contribution in [0.3, 0.4) is 0 Å². The van der Waals surface area contributed by atoms with Crippen molar-refractivity contribution in [2.45, 2.75) is 49.7 Å². The quantitative estimate of drug-likeness (QED) is 0.00608. The van der Waals surface area contributed by atoms with Crippen molar-refractivity contribution < 1.29 is 150 Å². The Morgan fingerprint density at radius 2 is 0.903 bits per heavy atom. The monoisotopic (exact) mass is 1460 g/mol. The van der Waals surface area contributed by atoms with Crippen molar-refractivity contribution in [3.63, 3.8) is 0 Å². The maximum absolute atomic E-state index is 14.4. The number of halogens is 5. The van der Waals surface area contributed by atoms with Gasteiger partial charge >= 0.3 is 36.7 Å². The lowest BCUT2D eigenvalue weighted by Crippen LogP contribution is -2.64. The van der Waals surface area contributed by atoms with Crippen molar-refractivity contribution in [2.24, 2.45) is 0 Å². The highest BCUT2D eigenvalue weighted by Crippen LogP contribution is 2.45. The molecule has 1 aliphatic heterocycles. The second-order valence-electron chi connectivity index (χ2n) is 21.1. The van der Waals surface area contributed by atoms with Crippen LogP contribution in [0.25, 0.3) is 11.1 Å². The van der Waals surface area contributed by atoms with Crippen LogP contribution in [-0.4, -0.2) is 219 Å². The molecule has 0 aromatic heterocycles. The van der Waals surface area contributed by atoms with Crippen LogP contribution >= 0.6 is 0 Å². The number of alkyl carbamates (subject to hydrolysis) is 1. The Labute approximate surface area is 588 Å². The lowest BCUT2D eigenvalue weighted by molar-refractivity contribution is -0.276. The van der Waals surface area contributed by atoms with Crippen LogP contribution in [0.15, 0.2) is 117 Å². The molecule has 0 unspecified atom stereocenters. The number of anilines is 1. The summed E-state index contributed by atoms with van der Waals surface area (Å²) >= 11 is 0. The molecule has 0 bridgehead atoms. The molecule has 1 heterocycles. The topological polar surface area (TPSA) is 328 Å². The highest BCUT2D eigenvalue weighted by molar-refractivity contribution is 5.92. The van der Waals surface area contributed by atoms with Crippen LogP contribution in [0.2, 0.25) is 0 Å². The van der Waals surface area contributed by atoms with E-state index in [1.54, 1.807) is 0 Å². The molecule has 4 aromatic rings. The molecule has 0 spiro atoms. The van der Waals surface area contributed by atoms with Gasteiger partial charge < -0.3 is 105 Å². The number of carbonyl (C=O) groups is 7. The predicted octanol–water partition coefficient (Wildman–Crippen LogP) is 9.05. The predicted molar refractivity (Wildman–Crippen MR) is 346 cm³/mol. The maximum Gasteiger partial charge on any atom is 0.514 e. The van der Waals surface area contributed by atoms with E-state index in [1.165, 1.54) is 0 Å². The third kappa shape index (κ3) is 27.5. The molecule has 1 saturated heterocycles. The fraction of sp³-hybridized carbons (Fsp3) is 0.435. The van der Waals surface area contributed by atoms with Crippen LogP contribution in [0.1, 0.15) is 29.0 Å². The first-order valence-electron chi connectivity index (χ1n) is 31.9. The average Bonchev–Trinajstić information content (AvgIpc) is 1.74. The first kappa shape index (κ1) is 82.2. The number of benzene rings is 4. The summed E-state index contributed by atoms with van der Waals surface area (Å²) in [6.45, 7) is 15.5. The van der Waals surface area contributed by atoms with E-state index in [0.717, 1.165) is 64.8 Å². The van der Waals surface area contributed by atoms with Crippen molar-refractivity contribution in [2.75, 3.05) is 151 Å². The molecule has 29 nitrogen and oxygen atoms in total. The van der Waals surface area contributed by atoms with Crippen molar-refractivity contribution in [3.8, 4) is 22.6 Å². The molecule has 0 saturated carbocycles. The number of ether oxygens (including phenoxy) is 20. The smallest absolute Gasteiger partial charge is 0.459 e. The van der Waals surface area contributed by atoms with E-state index in [-0.39, 0.29) is 83.0 Å². The van der Waals surface area contributed by atoms with Gasteiger partial charge in [0, 0.05) is 12.5 Å². The molecule has 6 rings (SSSR count). The summed E-state index contributed by atoms with van der Waals surface area (Å²) in [7, 11) is 0. The molecule has 5 atom stereocenters. The van der Waals surface area contributed by atoms with Gasteiger partial charge in [0.05, 0.1) is 118 Å². The number of amides is 2.